The summed E-state index contributed by atoms with van der Waals surface area (Å²) in [4.78, 5) is 0.0286. The molecule has 1 aromatic carbocycles. The summed E-state index contributed by atoms with van der Waals surface area (Å²) in [6, 6.07) is 4.30. The first kappa shape index (κ1) is 14.6. The summed E-state index contributed by atoms with van der Waals surface area (Å²) >= 11 is 5.82. The van der Waals surface area contributed by atoms with Gasteiger partial charge >= 0.3 is 0 Å². The van der Waals surface area contributed by atoms with Gasteiger partial charge in [-0.25, -0.2) is 13.1 Å². The predicted molar refractivity (Wildman–Crippen MR) is 74.6 cm³/mol. The quantitative estimate of drug-likeness (QED) is 0.831. The van der Waals surface area contributed by atoms with Crippen LogP contribution in [0.15, 0.2) is 23.1 Å². The van der Waals surface area contributed by atoms with Gasteiger partial charge in [0.1, 0.15) is 4.90 Å². The Morgan fingerprint density at radius 3 is 2.79 bits per heavy atom. The van der Waals surface area contributed by atoms with Crippen LogP contribution in [0.4, 0.5) is 5.69 Å². The van der Waals surface area contributed by atoms with Crippen LogP contribution in [0.1, 0.15) is 19.3 Å². The van der Waals surface area contributed by atoms with Gasteiger partial charge in [0.25, 0.3) is 0 Å². The van der Waals surface area contributed by atoms with Crippen molar-refractivity contribution < 1.29 is 13.2 Å². The third-order valence-corrected chi connectivity index (χ3v) is 5.12. The van der Waals surface area contributed by atoms with E-state index in [4.69, 9.17) is 22.1 Å². The molecular formula is C12H17ClN2O3S. The van der Waals surface area contributed by atoms with Gasteiger partial charge in [0.05, 0.1) is 11.8 Å². The van der Waals surface area contributed by atoms with E-state index in [9.17, 15) is 8.42 Å². The largest absolute Gasteiger partial charge is 0.398 e. The molecule has 2 unspecified atom stereocenters. The van der Waals surface area contributed by atoms with Crippen LogP contribution in [-0.4, -0.2) is 27.7 Å². The number of hydrogen-bond donors (Lipinski definition) is 2. The lowest BCUT2D eigenvalue weighted by molar-refractivity contribution is 0.107. The van der Waals surface area contributed by atoms with Gasteiger partial charge in [-0.3, -0.25) is 0 Å². The molecule has 0 radical (unpaired) electrons. The maximum Gasteiger partial charge on any atom is 0.242 e. The Morgan fingerprint density at radius 1 is 1.42 bits per heavy atom. The van der Waals surface area contributed by atoms with Gasteiger partial charge in [-0.15, -0.1) is 0 Å². The number of halogens is 1. The second-order valence-corrected chi connectivity index (χ2v) is 6.79. The zero-order valence-electron chi connectivity index (χ0n) is 10.6. The van der Waals surface area contributed by atoms with Gasteiger partial charge in [-0.05, 0) is 37.5 Å². The molecule has 2 atom stereocenters. The summed E-state index contributed by atoms with van der Waals surface area (Å²) in [6.45, 7) is 0. The van der Waals surface area contributed by atoms with Crippen LogP contribution in [0.3, 0.4) is 0 Å². The number of benzene rings is 1. The van der Waals surface area contributed by atoms with Gasteiger partial charge < -0.3 is 10.5 Å². The first-order valence-corrected chi connectivity index (χ1v) is 7.88. The topological polar surface area (TPSA) is 81.4 Å². The van der Waals surface area contributed by atoms with Crippen molar-refractivity contribution in [1.29, 1.82) is 0 Å². The Labute approximate surface area is 118 Å². The van der Waals surface area contributed by atoms with Gasteiger partial charge in [0.2, 0.25) is 10.0 Å². The molecule has 19 heavy (non-hydrogen) atoms. The molecule has 1 fully saturated rings. The number of ether oxygens (including phenoxy) is 1. The third kappa shape index (κ3) is 3.39. The minimum absolute atomic E-state index is 0.0286. The molecule has 0 aliphatic heterocycles. The van der Waals surface area contributed by atoms with Crippen LogP contribution in [0.5, 0.6) is 0 Å². The van der Waals surface area contributed by atoms with Crippen molar-refractivity contribution in [3.8, 4) is 0 Å². The first-order valence-electron chi connectivity index (χ1n) is 6.02. The van der Waals surface area contributed by atoms with Crippen molar-refractivity contribution in [3.63, 3.8) is 0 Å². The predicted octanol–water partition coefficient (Wildman–Crippen LogP) is 1.77. The van der Waals surface area contributed by atoms with Crippen LogP contribution in [0, 0.1) is 0 Å². The standard InChI is InChI=1S/C12H17ClN2O3S/c1-18-10-4-3-9(7-10)15-19(16,17)12-6-8(13)2-5-11(12)14/h2,5-6,9-10,15H,3-4,7,14H2,1H3. The Bertz CT molecular complexity index is 562. The highest BCUT2D eigenvalue weighted by Crippen LogP contribution is 2.26. The van der Waals surface area contributed by atoms with Gasteiger partial charge in [-0.2, -0.15) is 0 Å². The Kier molecular flexibility index (Phi) is 4.35. The average Bonchev–Trinajstić information content (AvgIpc) is 2.79. The molecule has 0 bridgehead atoms. The average molecular weight is 305 g/mol. The fourth-order valence-electron chi connectivity index (χ4n) is 2.29. The highest BCUT2D eigenvalue weighted by molar-refractivity contribution is 7.89. The lowest BCUT2D eigenvalue weighted by Gasteiger charge is -2.14. The zero-order chi connectivity index (χ0) is 14.0. The van der Waals surface area contributed by atoms with E-state index in [2.05, 4.69) is 4.72 Å². The number of rotatable bonds is 4. The van der Waals surface area contributed by atoms with Crippen molar-refractivity contribution in [2.75, 3.05) is 12.8 Å². The Morgan fingerprint density at radius 2 is 2.16 bits per heavy atom. The summed E-state index contributed by atoms with van der Waals surface area (Å²) in [5.74, 6) is 0. The van der Waals surface area contributed by atoms with Crippen LogP contribution in [0.2, 0.25) is 5.02 Å². The number of sulfonamides is 1. The molecule has 7 heteroatoms. The highest BCUT2D eigenvalue weighted by Gasteiger charge is 2.29. The number of anilines is 1. The van der Waals surface area contributed by atoms with E-state index < -0.39 is 10.0 Å². The molecule has 106 valence electrons. The van der Waals surface area contributed by atoms with Crippen molar-refractivity contribution in [2.45, 2.75) is 36.3 Å². The fourth-order valence-corrected chi connectivity index (χ4v) is 3.96. The van der Waals surface area contributed by atoms with E-state index in [1.807, 2.05) is 0 Å². The summed E-state index contributed by atoms with van der Waals surface area (Å²) < 4.78 is 32.4. The Hall–Kier alpha value is -0.820. The van der Waals surface area contributed by atoms with E-state index in [0.717, 1.165) is 12.8 Å². The molecule has 5 nitrogen and oxygen atoms in total. The second-order valence-electron chi connectivity index (χ2n) is 4.67. The SMILES string of the molecule is COC1CCC(NS(=O)(=O)c2cc(Cl)ccc2N)C1. The van der Waals surface area contributed by atoms with E-state index >= 15 is 0 Å². The fraction of sp³-hybridized carbons (Fsp3) is 0.500. The van der Waals surface area contributed by atoms with Crippen molar-refractivity contribution in [2.24, 2.45) is 0 Å². The minimum atomic E-state index is -3.64. The molecule has 0 spiro atoms. The lowest BCUT2D eigenvalue weighted by atomic mass is 10.3. The molecule has 3 N–H and O–H groups in total. The third-order valence-electron chi connectivity index (χ3n) is 3.30. The molecule has 0 amide bonds. The molecule has 2 rings (SSSR count). The monoisotopic (exact) mass is 304 g/mol. The number of hydrogen-bond acceptors (Lipinski definition) is 4. The number of nitrogens with two attached hydrogens (primary N) is 1. The highest BCUT2D eigenvalue weighted by atomic mass is 35.5. The van der Waals surface area contributed by atoms with Gasteiger partial charge in [-0.1, -0.05) is 11.6 Å². The lowest BCUT2D eigenvalue weighted by Crippen LogP contribution is -2.33. The van der Waals surface area contributed by atoms with Crippen LogP contribution >= 0.6 is 11.6 Å². The summed E-state index contributed by atoms with van der Waals surface area (Å²) in [5.41, 5.74) is 5.89. The molecule has 1 aliphatic rings. The molecule has 0 heterocycles. The second kappa shape index (κ2) is 5.66. The molecule has 1 saturated carbocycles. The van der Waals surface area contributed by atoms with Crippen molar-refractivity contribution >= 4 is 27.3 Å². The number of nitrogens with one attached hydrogen (secondary N) is 1. The van der Waals surface area contributed by atoms with Crippen LogP contribution in [-0.2, 0) is 14.8 Å². The maximum atomic E-state index is 12.3. The normalized spacial score (nSPS) is 23.7. The van der Waals surface area contributed by atoms with Gasteiger partial charge in [0, 0.05) is 18.2 Å². The van der Waals surface area contributed by atoms with Crippen molar-refractivity contribution in [3.05, 3.63) is 23.2 Å². The molecular weight excluding hydrogens is 288 g/mol. The molecule has 0 aromatic heterocycles. The molecule has 1 aliphatic carbocycles. The smallest absolute Gasteiger partial charge is 0.242 e. The zero-order valence-corrected chi connectivity index (χ0v) is 12.2. The molecule has 0 saturated heterocycles. The van der Waals surface area contributed by atoms with E-state index in [-0.39, 0.29) is 22.7 Å². The summed E-state index contributed by atoms with van der Waals surface area (Å²) in [5, 5.41) is 0.343. The van der Waals surface area contributed by atoms with Gasteiger partial charge in [0.15, 0.2) is 0 Å². The van der Waals surface area contributed by atoms with E-state index in [1.54, 1.807) is 13.2 Å². The van der Waals surface area contributed by atoms with E-state index in [1.165, 1.54) is 12.1 Å². The van der Waals surface area contributed by atoms with Crippen LogP contribution < -0.4 is 10.5 Å². The maximum absolute atomic E-state index is 12.3. The summed E-state index contributed by atoms with van der Waals surface area (Å²) in [7, 11) is -2.01. The minimum Gasteiger partial charge on any atom is -0.398 e. The molecule has 1 aromatic rings. The van der Waals surface area contributed by atoms with E-state index in [0.29, 0.717) is 11.4 Å². The van der Waals surface area contributed by atoms with Crippen molar-refractivity contribution in [1.82, 2.24) is 4.72 Å². The van der Waals surface area contributed by atoms with Crippen LogP contribution in [0.25, 0.3) is 0 Å². The number of nitrogen functional groups attached to an aromatic ring is 1. The first-order chi connectivity index (χ1) is 8.92. The summed E-state index contributed by atoms with van der Waals surface area (Å²) in [6.07, 6.45) is 2.41. The Balaban J connectivity index is 2.17. The number of methoxy groups -OCH3 is 1.